The number of aromatic nitrogens is 2. The summed E-state index contributed by atoms with van der Waals surface area (Å²) in [5.41, 5.74) is 1.24. The summed E-state index contributed by atoms with van der Waals surface area (Å²) in [6.07, 6.45) is 13.4. The Morgan fingerprint density at radius 2 is 2.00 bits per heavy atom. The van der Waals surface area contributed by atoms with Crippen LogP contribution in [0, 0.1) is 5.92 Å². The maximum atomic E-state index is 4.75. The summed E-state index contributed by atoms with van der Waals surface area (Å²) in [6.45, 7) is 4.43. The third-order valence-corrected chi connectivity index (χ3v) is 4.32. The quantitative estimate of drug-likeness (QED) is 0.753. The summed E-state index contributed by atoms with van der Waals surface area (Å²) in [5, 5.41) is 0. The highest BCUT2D eigenvalue weighted by Gasteiger charge is 2.14. The Labute approximate surface area is 112 Å². The van der Waals surface area contributed by atoms with E-state index in [2.05, 4.69) is 31.7 Å². The number of imidazole rings is 1. The van der Waals surface area contributed by atoms with E-state index in [4.69, 9.17) is 4.98 Å². The van der Waals surface area contributed by atoms with Crippen molar-refractivity contribution < 1.29 is 0 Å². The molecule has 1 aliphatic rings. The predicted molar refractivity (Wildman–Crippen MR) is 76.8 cm³/mol. The normalized spacial score (nSPS) is 17.6. The zero-order valence-corrected chi connectivity index (χ0v) is 12.3. The van der Waals surface area contributed by atoms with Crippen LogP contribution in [-0.2, 0) is 13.5 Å². The van der Waals surface area contributed by atoms with Crippen LogP contribution in [0.25, 0.3) is 0 Å². The van der Waals surface area contributed by atoms with Gasteiger partial charge in [-0.2, -0.15) is 0 Å². The van der Waals surface area contributed by atoms with Crippen LogP contribution in [0.1, 0.15) is 76.2 Å². The van der Waals surface area contributed by atoms with E-state index in [-0.39, 0.29) is 0 Å². The first-order valence-electron chi connectivity index (χ1n) is 7.69. The van der Waals surface area contributed by atoms with Crippen LogP contribution in [0.3, 0.4) is 0 Å². The van der Waals surface area contributed by atoms with Crippen molar-refractivity contribution in [3.05, 3.63) is 17.7 Å². The van der Waals surface area contributed by atoms with Crippen LogP contribution in [0.4, 0.5) is 0 Å². The molecule has 0 amide bonds. The fourth-order valence-corrected chi connectivity index (χ4v) is 3.06. The van der Waals surface area contributed by atoms with Gasteiger partial charge >= 0.3 is 0 Å². The van der Waals surface area contributed by atoms with Crippen LogP contribution >= 0.6 is 0 Å². The Balaban J connectivity index is 1.78. The fourth-order valence-electron chi connectivity index (χ4n) is 3.06. The van der Waals surface area contributed by atoms with Crippen molar-refractivity contribution in [3.8, 4) is 0 Å². The monoisotopic (exact) mass is 248 g/mol. The van der Waals surface area contributed by atoms with E-state index in [1.54, 1.807) is 0 Å². The van der Waals surface area contributed by atoms with E-state index in [1.807, 2.05) is 0 Å². The Hall–Kier alpha value is -0.790. The highest BCUT2D eigenvalue weighted by atomic mass is 15.0. The first-order chi connectivity index (χ1) is 8.66. The Kier molecular flexibility index (Phi) is 4.85. The van der Waals surface area contributed by atoms with Gasteiger partial charge in [0.15, 0.2) is 0 Å². The van der Waals surface area contributed by atoms with E-state index >= 15 is 0 Å². The van der Waals surface area contributed by atoms with Crippen molar-refractivity contribution in [3.63, 3.8) is 0 Å². The summed E-state index contributed by atoms with van der Waals surface area (Å²) >= 11 is 0. The first-order valence-corrected chi connectivity index (χ1v) is 7.69. The molecule has 1 heterocycles. The van der Waals surface area contributed by atoms with Crippen molar-refractivity contribution in [1.29, 1.82) is 0 Å². The lowest BCUT2D eigenvalue weighted by atomic mass is 9.86. The Morgan fingerprint density at radius 3 is 2.61 bits per heavy atom. The molecule has 0 saturated heterocycles. The van der Waals surface area contributed by atoms with Crippen molar-refractivity contribution in [2.24, 2.45) is 13.0 Å². The van der Waals surface area contributed by atoms with Gasteiger partial charge in [0, 0.05) is 19.7 Å². The van der Waals surface area contributed by atoms with Gasteiger partial charge in [0.05, 0.1) is 5.69 Å². The van der Waals surface area contributed by atoms with Crippen LogP contribution < -0.4 is 0 Å². The highest BCUT2D eigenvalue weighted by molar-refractivity contribution is 5.07. The summed E-state index contributed by atoms with van der Waals surface area (Å²) < 4.78 is 2.22. The molecular weight excluding hydrogens is 220 g/mol. The van der Waals surface area contributed by atoms with Gasteiger partial charge in [-0.3, -0.25) is 0 Å². The lowest BCUT2D eigenvalue weighted by Crippen LogP contribution is -2.07. The molecular formula is C16H28N2. The van der Waals surface area contributed by atoms with E-state index < -0.39 is 0 Å². The molecule has 0 N–H and O–H groups in total. The van der Waals surface area contributed by atoms with Gasteiger partial charge in [0.25, 0.3) is 0 Å². The van der Waals surface area contributed by atoms with Crippen molar-refractivity contribution in [2.75, 3.05) is 0 Å². The molecule has 0 radical (unpaired) electrons. The van der Waals surface area contributed by atoms with Crippen LogP contribution in [-0.4, -0.2) is 9.55 Å². The minimum atomic E-state index is 0.545. The average Bonchev–Trinajstić information content (AvgIpc) is 2.73. The second kappa shape index (κ2) is 6.40. The zero-order chi connectivity index (χ0) is 13.0. The zero-order valence-electron chi connectivity index (χ0n) is 12.3. The molecule has 2 rings (SSSR count). The molecule has 2 heteroatoms. The van der Waals surface area contributed by atoms with Gasteiger partial charge < -0.3 is 4.57 Å². The molecule has 0 aliphatic heterocycles. The number of rotatable bonds is 5. The van der Waals surface area contributed by atoms with Gasteiger partial charge in [0.1, 0.15) is 5.82 Å². The van der Waals surface area contributed by atoms with Crippen LogP contribution in [0.5, 0.6) is 0 Å². The molecule has 18 heavy (non-hydrogen) atoms. The first kappa shape index (κ1) is 13.6. The topological polar surface area (TPSA) is 17.8 Å². The summed E-state index contributed by atoms with van der Waals surface area (Å²) in [6, 6.07) is 0. The molecule has 1 fully saturated rings. The minimum Gasteiger partial charge on any atom is -0.338 e. The SMILES string of the molecule is CC(C)c1cn(C)c(CCCC2CCCCC2)n1. The molecule has 0 bridgehead atoms. The lowest BCUT2D eigenvalue weighted by molar-refractivity contribution is 0.331. The highest BCUT2D eigenvalue weighted by Crippen LogP contribution is 2.27. The van der Waals surface area contributed by atoms with Crippen molar-refractivity contribution in [2.45, 2.75) is 71.1 Å². The van der Waals surface area contributed by atoms with Gasteiger partial charge in [-0.1, -0.05) is 52.4 Å². The van der Waals surface area contributed by atoms with Gasteiger partial charge in [-0.15, -0.1) is 0 Å². The van der Waals surface area contributed by atoms with E-state index in [0.717, 1.165) is 12.3 Å². The smallest absolute Gasteiger partial charge is 0.108 e. The summed E-state index contributed by atoms with van der Waals surface area (Å²) in [5.74, 6) is 2.82. The molecule has 0 unspecified atom stereocenters. The second-order valence-electron chi connectivity index (χ2n) is 6.24. The van der Waals surface area contributed by atoms with E-state index in [9.17, 15) is 0 Å². The third kappa shape index (κ3) is 3.60. The molecule has 102 valence electrons. The molecule has 1 saturated carbocycles. The van der Waals surface area contributed by atoms with Crippen LogP contribution in [0.2, 0.25) is 0 Å². The summed E-state index contributed by atoms with van der Waals surface area (Å²) in [4.78, 5) is 4.75. The standard InChI is InChI=1S/C16H28N2/c1-13(2)15-12-18(3)16(17-15)11-7-10-14-8-5-4-6-9-14/h12-14H,4-11H2,1-3H3. The number of nitrogens with zero attached hydrogens (tertiary/aromatic N) is 2. The molecule has 0 atom stereocenters. The molecule has 0 spiro atoms. The number of aryl methyl sites for hydroxylation is 2. The third-order valence-electron chi connectivity index (χ3n) is 4.32. The van der Waals surface area contributed by atoms with Crippen molar-refractivity contribution in [1.82, 2.24) is 9.55 Å². The fraction of sp³-hybridized carbons (Fsp3) is 0.812. The summed E-state index contributed by atoms with van der Waals surface area (Å²) in [7, 11) is 2.13. The van der Waals surface area contributed by atoms with Gasteiger partial charge in [-0.05, 0) is 18.3 Å². The Bertz CT molecular complexity index is 359. The van der Waals surface area contributed by atoms with Gasteiger partial charge in [-0.25, -0.2) is 4.98 Å². The largest absolute Gasteiger partial charge is 0.338 e. The second-order valence-corrected chi connectivity index (χ2v) is 6.24. The minimum absolute atomic E-state index is 0.545. The van der Waals surface area contributed by atoms with Crippen molar-refractivity contribution >= 4 is 0 Å². The van der Waals surface area contributed by atoms with Crippen LogP contribution in [0.15, 0.2) is 6.20 Å². The lowest BCUT2D eigenvalue weighted by Gasteiger charge is -2.21. The molecule has 0 aromatic carbocycles. The maximum Gasteiger partial charge on any atom is 0.108 e. The number of hydrogen-bond acceptors (Lipinski definition) is 1. The Morgan fingerprint density at radius 1 is 1.28 bits per heavy atom. The molecule has 1 aliphatic carbocycles. The van der Waals surface area contributed by atoms with E-state index in [0.29, 0.717) is 5.92 Å². The average molecular weight is 248 g/mol. The molecule has 1 aromatic rings. The molecule has 2 nitrogen and oxygen atoms in total. The maximum absolute atomic E-state index is 4.75. The van der Waals surface area contributed by atoms with Gasteiger partial charge in [0.2, 0.25) is 0 Å². The predicted octanol–water partition coefficient (Wildman–Crippen LogP) is 4.45. The number of hydrogen-bond donors (Lipinski definition) is 0. The van der Waals surface area contributed by atoms with E-state index in [1.165, 1.54) is 56.5 Å². The molecule has 1 aromatic heterocycles.